The van der Waals surface area contributed by atoms with E-state index in [9.17, 15) is 17.6 Å². The third-order valence-corrected chi connectivity index (χ3v) is 3.95. The summed E-state index contributed by atoms with van der Waals surface area (Å²) in [5.74, 6) is -1.11. The molecule has 0 aliphatic carbocycles. The van der Waals surface area contributed by atoms with Gasteiger partial charge in [-0.15, -0.1) is 11.8 Å². The highest BCUT2D eigenvalue weighted by atomic mass is 79.9. The van der Waals surface area contributed by atoms with E-state index in [-0.39, 0.29) is 21.2 Å². The normalized spacial score (nSPS) is 11.3. The summed E-state index contributed by atoms with van der Waals surface area (Å²) in [4.78, 5) is 7.42. The Bertz CT molecular complexity index is 664. The SMILES string of the molecule is CC.CSc1nc(Cl)nc2c(F)c(Br)c(C(F)(F)F)cc12. The lowest BCUT2D eigenvalue weighted by Crippen LogP contribution is -2.08. The molecule has 0 spiro atoms. The third kappa shape index (κ3) is 3.78. The average Bonchev–Trinajstić information content (AvgIpc) is 2.43. The van der Waals surface area contributed by atoms with Crippen LogP contribution in [0.4, 0.5) is 17.6 Å². The molecule has 1 aromatic carbocycles. The van der Waals surface area contributed by atoms with Crippen LogP contribution in [0, 0.1) is 5.82 Å². The quantitative estimate of drug-likeness (QED) is 0.254. The van der Waals surface area contributed by atoms with Crippen LogP contribution in [-0.4, -0.2) is 16.2 Å². The second kappa shape index (κ2) is 7.11. The summed E-state index contributed by atoms with van der Waals surface area (Å²) in [6.07, 6.45) is -3.07. The van der Waals surface area contributed by atoms with Crippen LogP contribution in [0.15, 0.2) is 15.6 Å². The summed E-state index contributed by atoms with van der Waals surface area (Å²) in [5.41, 5.74) is -1.36. The minimum Gasteiger partial charge on any atom is -0.215 e. The van der Waals surface area contributed by atoms with Crippen molar-refractivity contribution in [1.82, 2.24) is 9.97 Å². The second-order valence-electron chi connectivity index (χ2n) is 3.45. The monoisotopic (exact) mass is 404 g/mol. The Morgan fingerprint density at radius 3 is 2.29 bits per heavy atom. The Kier molecular flexibility index (Phi) is 6.24. The summed E-state index contributed by atoms with van der Waals surface area (Å²) in [5, 5.41) is -0.0563. The van der Waals surface area contributed by atoms with Gasteiger partial charge in [0.25, 0.3) is 0 Å². The molecule has 0 saturated heterocycles. The molecule has 0 aliphatic heterocycles. The lowest BCUT2D eigenvalue weighted by atomic mass is 10.1. The zero-order valence-electron chi connectivity index (χ0n) is 11.1. The van der Waals surface area contributed by atoms with E-state index in [1.807, 2.05) is 13.8 Å². The van der Waals surface area contributed by atoms with Crippen LogP contribution in [-0.2, 0) is 6.18 Å². The predicted octanol–water partition coefficient (Wildman–Crippen LogP) is 5.95. The number of hydrogen-bond acceptors (Lipinski definition) is 3. The summed E-state index contributed by atoms with van der Waals surface area (Å²) in [6.45, 7) is 4.00. The van der Waals surface area contributed by atoms with E-state index in [2.05, 4.69) is 25.9 Å². The van der Waals surface area contributed by atoms with Gasteiger partial charge in [0.15, 0.2) is 5.82 Å². The van der Waals surface area contributed by atoms with Crippen LogP contribution in [0.25, 0.3) is 10.9 Å². The Labute approximate surface area is 136 Å². The van der Waals surface area contributed by atoms with E-state index in [4.69, 9.17) is 11.6 Å². The zero-order valence-corrected chi connectivity index (χ0v) is 14.3. The van der Waals surface area contributed by atoms with Crippen molar-refractivity contribution in [3.8, 4) is 0 Å². The van der Waals surface area contributed by atoms with Gasteiger partial charge in [-0.3, -0.25) is 0 Å². The van der Waals surface area contributed by atoms with Crippen molar-refractivity contribution in [2.75, 3.05) is 6.26 Å². The molecule has 9 heteroatoms. The lowest BCUT2D eigenvalue weighted by molar-refractivity contribution is -0.138. The first kappa shape index (κ1) is 18.4. The second-order valence-corrected chi connectivity index (χ2v) is 5.37. The first-order valence-electron chi connectivity index (χ1n) is 5.72. The van der Waals surface area contributed by atoms with Gasteiger partial charge in [-0.05, 0) is 39.9 Å². The molecule has 1 aromatic heterocycles. The molecular weight excluding hydrogens is 396 g/mol. The van der Waals surface area contributed by atoms with Crippen LogP contribution in [0.3, 0.4) is 0 Å². The molecular formula is C12H10BrClF4N2S. The molecule has 1 heterocycles. The van der Waals surface area contributed by atoms with E-state index in [1.165, 1.54) is 0 Å². The summed E-state index contributed by atoms with van der Waals surface area (Å²) >= 11 is 9.28. The summed E-state index contributed by atoms with van der Waals surface area (Å²) in [7, 11) is 0. The average molecular weight is 406 g/mol. The molecule has 0 fully saturated rings. The van der Waals surface area contributed by atoms with E-state index >= 15 is 0 Å². The third-order valence-electron chi connectivity index (χ3n) is 2.31. The number of benzene rings is 1. The van der Waals surface area contributed by atoms with Crippen molar-refractivity contribution in [1.29, 1.82) is 0 Å². The van der Waals surface area contributed by atoms with Crippen molar-refractivity contribution in [2.24, 2.45) is 0 Å². The van der Waals surface area contributed by atoms with Crippen LogP contribution in [0.5, 0.6) is 0 Å². The molecule has 0 radical (unpaired) electrons. The van der Waals surface area contributed by atoms with Crippen LogP contribution >= 0.6 is 39.3 Å². The number of hydrogen-bond donors (Lipinski definition) is 0. The van der Waals surface area contributed by atoms with Gasteiger partial charge in [-0.1, -0.05) is 13.8 Å². The first-order chi connectivity index (χ1) is 9.75. The highest BCUT2D eigenvalue weighted by Gasteiger charge is 2.35. The van der Waals surface area contributed by atoms with E-state index < -0.39 is 22.0 Å². The molecule has 2 aromatic rings. The lowest BCUT2D eigenvalue weighted by Gasteiger charge is -2.12. The Balaban J connectivity index is 0.00000106. The molecule has 0 aliphatic rings. The van der Waals surface area contributed by atoms with Crippen LogP contribution in [0.2, 0.25) is 5.28 Å². The minimum absolute atomic E-state index is 0.0232. The van der Waals surface area contributed by atoms with E-state index in [1.54, 1.807) is 6.26 Å². The number of nitrogens with zero attached hydrogens (tertiary/aromatic N) is 2. The van der Waals surface area contributed by atoms with Gasteiger partial charge in [0.05, 0.1) is 10.0 Å². The maximum Gasteiger partial charge on any atom is 0.417 e. The van der Waals surface area contributed by atoms with Crippen molar-refractivity contribution in [2.45, 2.75) is 25.0 Å². The largest absolute Gasteiger partial charge is 0.417 e. The number of halogens is 6. The number of fused-ring (bicyclic) bond motifs is 1. The van der Waals surface area contributed by atoms with Crippen molar-refractivity contribution < 1.29 is 17.6 Å². The fraction of sp³-hybridized carbons (Fsp3) is 0.333. The predicted molar refractivity (Wildman–Crippen MR) is 80.3 cm³/mol. The molecule has 21 heavy (non-hydrogen) atoms. The van der Waals surface area contributed by atoms with Crippen LogP contribution in [0.1, 0.15) is 19.4 Å². The van der Waals surface area contributed by atoms with Gasteiger partial charge >= 0.3 is 6.18 Å². The Morgan fingerprint density at radius 1 is 1.24 bits per heavy atom. The van der Waals surface area contributed by atoms with Crippen LogP contribution < -0.4 is 0 Å². The van der Waals surface area contributed by atoms with Gasteiger partial charge in [0.1, 0.15) is 10.5 Å². The minimum atomic E-state index is -4.68. The number of rotatable bonds is 1. The number of aromatic nitrogens is 2. The molecule has 2 nitrogen and oxygen atoms in total. The highest BCUT2D eigenvalue weighted by molar-refractivity contribution is 9.10. The number of thioether (sulfide) groups is 1. The van der Waals surface area contributed by atoms with Gasteiger partial charge in [0, 0.05) is 5.39 Å². The van der Waals surface area contributed by atoms with Crippen molar-refractivity contribution in [3.05, 3.63) is 27.2 Å². The van der Waals surface area contributed by atoms with E-state index in [0.717, 1.165) is 17.8 Å². The standard InChI is InChI=1S/C10H4BrClF4N2S.C2H6/c1-19-8-3-2-4(10(14,15)16)5(11)6(13)7(3)17-9(12)18-8;1-2/h2H,1H3;1-2H3. The van der Waals surface area contributed by atoms with Gasteiger partial charge in [-0.2, -0.15) is 13.2 Å². The van der Waals surface area contributed by atoms with E-state index in [0.29, 0.717) is 0 Å². The smallest absolute Gasteiger partial charge is 0.215 e. The Morgan fingerprint density at radius 2 is 1.81 bits per heavy atom. The maximum absolute atomic E-state index is 14.0. The van der Waals surface area contributed by atoms with Gasteiger partial charge in [-0.25, -0.2) is 14.4 Å². The molecule has 0 atom stereocenters. The Hall–Kier alpha value is -0.600. The summed E-state index contributed by atoms with van der Waals surface area (Å²) < 4.78 is 51.7. The highest BCUT2D eigenvalue weighted by Crippen LogP contribution is 2.40. The molecule has 116 valence electrons. The van der Waals surface area contributed by atoms with Gasteiger partial charge in [0.2, 0.25) is 5.28 Å². The molecule has 0 unspecified atom stereocenters. The molecule has 0 N–H and O–H groups in total. The fourth-order valence-corrected chi connectivity index (χ4v) is 2.81. The van der Waals surface area contributed by atoms with Gasteiger partial charge < -0.3 is 0 Å². The molecule has 2 rings (SSSR count). The summed E-state index contributed by atoms with van der Waals surface area (Å²) in [6, 6.07) is 0.810. The molecule has 0 saturated carbocycles. The van der Waals surface area contributed by atoms with Crippen molar-refractivity contribution >= 4 is 50.2 Å². The first-order valence-corrected chi connectivity index (χ1v) is 8.11. The fourth-order valence-electron chi connectivity index (χ4n) is 1.51. The molecule has 0 bridgehead atoms. The molecule has 0 amide bonds. The zero-order chi connectivity index (χ0) is 16.4. The number of alkyl halides is 3. The maximum atomic E-state index is 14.0. The topological polar surface area (TPSA) is 25.8 Å². The van der Waals surface area contributed by atoms with Crippen molar-refractivity contribution in [3.63, 3.8) is 0 Å².